The van der Waals surface area contributed by atoms with Crippen molar-refractivity contribution in [2.24, 2.45) is 5.92 Å². The van der Waals surface area contributed by atoms with Crippen molar-refractivity contribution in [2.75, 3.05) is 13.2 Å². The Kier molecular flexibility index (Phi) is 6.92. The lowest BCUT2D eigenvalue weighted by Crippen LogP contribution is -2.31. The van der Waals surface area contributed by atoms with Gasteiger partial charge in [-0.15, -0.1) is 0 Å². The molecule has 106 valence electrons. The third-order valence-corrected chi connectivity index (χ3v) is 4.13. The Bertz CT molecular complexity index is 407. The molecule has 0 saturated heterocycles. The lowest BCUT2D eigenvalue weighted by atomic mass is 10.1. The predicted octanol–water partition coefficient (Wildman–Crippen LogP) is 3.62. The predicted molar refractivity (Wildman–Crippen MR) is 82.1 cm³/mol. The Labute approximate surface area is 123 Å². The van der Waals surface area contributed by atoms with E-state index in [2.05, 4.69) is 42.0 Å². The number of carbonyl (C=O) groups excluding carboxylic acids is 1. The molecule has 3 nitrogen and oxygen atoms in total. The topological polar surface area (TPSA) is 38.3 Å². The molecule has 1 unspecified atom stereocenters. The van der Waals surface area contributed by atoms with Crippen LogP contribution in [0.3, 0.4) is 0 Å². The van der Waals surface area contributed by atoms with Crippen LogP contribution in [0.4, 0.5) is 0 Å². The van der Waals surface area contributed by atoms with Gasteiger partial charge >= 0.3 is 0 Å². The molecule has 0 bridgehead atoms. The maximum absolute atomic E-state index is 12.0. The van der Waals surface area contributed by atoms with Crippen molar-refractivity contribution >= 4 is 21.8 Å². The van der Waals surface area contributed by atoms with Crippen LogP contribution in [-0.4, -0.2) is 23.9 Å². The van der Waals surface area contributed by atoms with Gasteiger partial charge in [-0.3, -0.25) is 4.79 Å². The second-order valence-corrected chi connectivity index (χ2v) is 6.02. The summed E-state index contributed by atoms with van der Waals surface area (Å²) in [6.45, 7) is 7.58. The minimum Gasteiger partial charge on any atom is -0.494 e. The lowest BCUT2D eigenvalue weighted by molar-refractivity contribution is 0.0952. The van der Waals surface area contributed by atoms with Gasteiger partial charge in [0, 0.05) is 16.9 Å². The molecular formula is C15H22BrNO2. The minimum absolute atomic E-state index is 0.0629. The smallest absolute Gasteiger partial charge is 0.251 e. The molecule has 0 spiro atoms. The number of halogens is 1. The number of alkyl halides is 1. The summed E-state index contributed by atoms with van der Waals surface area (Å²) in [7, 11) is 0. The molecule has 1 N–H and O–H groups in total. The molecule has 0 aliphatic rings. The van der Waals surface area contributed by atoms with Gasteiger partial charge in [-0.05, 0) is 30.5 Å². The highest BCUT2D eigenvalue weighted by atomic mass is 79.9. The summed E-state index contributed by atoms with van der Waals surface area (Å²) < 4.78 is 5.52. The van der Waals surface area contributed by atoms with E-state index in [0.717, 1.165) is 12.2 Å². The first kappa shape index (κ1) is 16.0. The van der Waals surface area contributed by atoms with Crippen LogP contribution in [0.25, 0.3) is 0 Å². The van der Waals surface area contributed by atoms with Gasteiger partial charge in [0.15, 0.2) is 0 Å². The maximum Gasteiger partial charge on any atom is 0.251 e. The van der Waals surface area contributed by atoms with Crippen molar-refractivity contribution in [1.82, 2.24) is 5.32 Å². The summed E-state index contributed by atoms with van der Waals surface area (Å²) >= 11 is 3.55. The third-order valence-electron chi connectivity index (χ3n) is 2.75. The Morgan fingerprint density at radius 2 is 2.16 bits per heavy atom. The van der Waals surface area contributed by atoms with E-state index in [1.165, 1.54) is 0 Å². The van der Waals surface area contributed by atoms with E-state index in [0.29, 0.717) is 24.6 Å². The molecule has 1 rings (SSSR count). The summed E-state index contributed by atoms with van der Waals surface area (Å²) in [5, 5.41) is 2.92. The lowest BCUT2D eigenvalue weighted by Gasteiger charge is -2.14. The fourth-order valence-electron chi connectivity index (χ4n) is 1.47. The fraction of sp³-hybridized carbons (Fsp3) is 0.533. The van der Waals surface area contributed by atoms with E-state index in [1.807, 2.05) is 12.1 Å². The van der Waals surface area contributed by atoms with Gasteiger partial charge in [0.25, 0.3) is 5.91 Å². The number of rotatable bonds is 7. The minimum atomic E-state index is -0.0629. The number of ether oxygens (including phenoxy) is 1. The molecule has 0 fully saturated rings. The summed E-state index contributed by atoms with van der Waals surface area (Å²) in [4.78, 5) is 12.3. The summed E-state index contributed by atoms with van der Waals surface area (Å²) in [6.07, 6.45) is 0.954. The average Bonchev–Trinajstić information content (AvgIpc) is 2.42. The molecule has 1 aromatic rings. The largest absolute Gasteiger partial charge is 0.494 e. The van der Waals surface area contributed by atoms with E-state index in [-0.39, 0.29) is 10.7 Å². The first-order valence-electron chi connectivity index (χ1n) is 6.69. The van der Waals surface area contributed by atoms with E-state index in [1.54, 1.807) is 12.1 Å². The van der Waals surface area contributed by atoms with Crippen LogP contribution in [0, 0.1) is 5.92 Å². The van der Waals surface area contributed by atoms with Crippen molar-refractivity contribution in [3.05, 3.63) is 29.8 Å². The van der Waals surface area contributed by atoms with Crippen LogP contribution in [0.5, 0.6) is 5.75 Å². The fourth-order valence-corrected chi connectivity index (χ4v) is 1.64. The van der Waals surface area contributed by atoms with E-state index >= 15 is 0 Å². The van der Waals surface area contributed by atoms with Gasteiger partial charge in [-0.1, -0.05) is 42.8 Å². The highest BCUT2D eigenvalue weighted by Gasteiger charge is 2.12. The van der Waals surface area contributed by atoms with Gasteiger partial charge in [0.2, 0.25) is 0 Å². The molecule has 0 aromatic heterocycles. The van der Waals surface area contributed by atoms with Crippen molar-refractivity contribution in [1.29, 1.82) is 0 Å². The molecular weight excluding hydrogens is 306 g/mol. The molecule has 0 heterocycles. The Morgan fingerprint density at radius 3 is 2.79 bits per heavy atom. The average molecular weight is 328 g/mol. The molecule has 19 heavy (non-hydrogen) atoms. The van der Waals surface area contributed by atoms with Gasteiger partial charge in [0.1, 0.15) is 5.75 Å². The van der Waals surface area contributed by atoms with Crippen molar-refractivity contribution in [3.8, 4) is 5.75 Å². The Morgan fingerprint density at radius 1 is 1.42 bits per heavy atom. The molecule has 1 aromatic carbocycles. The van der Waals surface area contributed by atoms with Gasteiger partial charge < -0.3 is 10.1 Å². The highest BCUT2D eigenvalue weighted by molar-refractivity contribution is 9.09. The van der Waals surface area contributed by atoms with Gasteiger partial charge in [-0.2, -0.15) is 0 Å². The number of hydrogen-bond donors (Lipinski definition) is 1. The second-order valence-electron chi connectivity index (χ2n) is 4.85. The van der Waals surface area contributed by atoms with Crippen molar-refractivity contribution in [3.63, 3.8) is 0 Å². The first-order valence-corrected chi connectivity index (χ1v) is 7.61. The van der Waals surface area contributed by atoms with Crippen LogP contribution >= 0.6 is 15.9 Å². The zero-order valence-corrected chi connectivity index (χ0v) is 13.4. The molecule has 4 heteroatoms. The molecule has 0 radical (unpaired) electrons. The van der Waals surface area contributed by atoms with Crippen LogP contribution in [0.1, 0.15) is 37.6 Å². The zero-order chi connectivity index (χ0) is 14.3. The molecule has 0 aliphatic carbocycles. The second kappa shape index (κ2) is 8.20. The standard InChI is InChI=1S/C15H22BrNO2/c1-4-8-19-13-7-5-6-12(9-13)15(18)17-10-14(16)11(2)3/h5-7,9,11,14H,4,8,10H2,1-3H3,(H,17,18). The van der Waals surface area contributed by atoms with Gasteiger partial charge in [0.05, 0.1) is 6.61 Å². The summed E-state index contributed by atoms with van der Waals surface area (Å²) in [5.41, 5.74) is 0.636. The number of hydrogen-bond acceptors (Lipinski definition) is 2. The molecule has 1 amide bonds. The van der Waals surface area contributed by atoms with Crippen LogP contribution < -0.4 is 10.1 Å². The molecule has 0 aliphatic heterocycles. The molecule has 1 atom stereocenters. The van der Waals surface area contributed by atoms with E-state index in [9.17, 15) is 4.79 Å². The van der Waals surface area contributed by atoms with E-state index in [4.69, 9.17) is 4.74 Å². The number of amides is 1. The third kappa shape index (κ3) is 5.64. The Hall–Kier alpha value is -1.03. The highest BCUT2D eigenvalue weighted by Crippen LogP contribution is 2.14. The van der Waals surface area contributed by atoms with E-state index < -0.39 is 0 Å². The first-order chi connectivity index (χ1) is 9.04. The van der Waals surface area contributed by atoms with Crippen LogP contribution in [0.2, 0.25) is 0 Å². The number of nitrogens with one attached hydrogen (secondary N) is 1. The van der Waals surface area contributed by atoms with Crippen LogP contribution in [-0.2, 0) is 0 Å². The van der Waals surface area contributed by atoms with Gasteiger partial charge in [-0.25, -0.2) is 0 Å². The zero-order valence-electron chi connectivity index (χ0n) is 11.8. The Balaban J connectivity index is 2.56. The quantitative estimate of drug-likeness (QED) is 0.776. The van der Waals surface area contributed by atoms with Crippen molar-refractivity contribution in [2.45, 2.75) is 32.0 Å². The number of benzene rings is 1. The maximum atomic E-state index is 12.0. The molecule has 0 saturated carbocycles. The summed E-state index contributed by atoms with van der Waals surface area (Å²) in [6, 6.07) is 7.29. The van der Waals surface area contributed by atoms with Crippen molar-refractivity contribution < 1.29 is 9.53 Å². The number of carbonyl (C=O) groups is 1. The van der Waals surface area contributed by atoms with Crippen LogP contribution in [0.15, 0.2) is 24.3 Å². The normalized spacial score (nSPS) is 12.3. The summed E-state index contributed by atoms with van der Waals surface area (Å²) in [5.74, 6) is 1.17. The SMILES string of the molecule is CCCOc1cccc(C(=O)NCC(Br)C(C)C)c1. The monoisotopic (exact) mass is 327 g/mol.